The average molecular weight is 342 g/mol. The molecule has 2 atom stereocenters. The molecule has 5 heteroatoms. The molecule has 1 aliphatic carbocycles. The highest BCUT2D eigenvalue weighted by atomic mass is 19.1. The zero-order valence-corrected chi connectivity index (χ0v) is 14.3. The minimum absolute atomic E-state index is 0.117. The van der Waals surface area contributed by atoms with Crippen molar-refractivity contribution in [3.05, 3.63) is 65.0 Å². The van der Waals surface area contributed by atoms with E-state index in [9.17, 15) is 9.18 Å². The third-order valence-corrected chi connectivity index (χ3v) is 4.66. The van der Waals surface area contributed by atoms with Gasteiger partial charge in [0.05, 0.1) is 6.04 Å². The maximum atomic E-state index is 13.7. The van der Waals surface area contributed by atoms with Crippen LogP contribution >= 0.6 is 0 Å². The van der Waals surface area contributed by atoms with Crippen molar-refractivity contribution in [1.29, 1.82) is 0 Å². The molecule has 0 aliphatic heterocycles. The summed E-state index contributed by atoms with van der Waals surface area (Å²) < 4.78 is 19.4. The number of nitrogens with two attached hydrogens (primary N) is 1. The number of hydrogen-bond donors (Lipinski definition) is 2. The molecule has 0 aromatic heterocycles. The number of primary amides is 1. The summed E-state index contributed by atoms with van der Waals surface area (Å²) in [6, 6.07) is 12.3. The van der Waals surface area contributed by atoms with Crippen LogP contribution in [0.3, 0.4) is 0 Å². The van der Waals surface area contributed by atoms with Gasteiger partial charge in [-0.3, -0.25) is 10.1 Å². The monoisotopic (exact) mass is 342 g/mol. The number of amides is 1. The van der Waals surface area contributed by atoms with Crippen LogP contribution in [0.15, 0.2) is 42.5 Å². The summed E-state index contributed by atoms with van der Waals surface area (Å²) in [6.45, 7) is 1.98. The number of rotatable bonds is 6. The van der Waals surface area contributed by atoms with Gasteiger partial charge in [0.25, 0.3) is 0 Å². The topological polar surface area (TPSA) is 64.3 Å². The number of carbonyl (C=O) groups is 1. The number of ether oxygens (including phenoxy) is 1. The summed E-state index contributed by atoms with van der Waals surface area (Å²) in [5.41, 5.74) is 8.27. The molecule has 3 rings (SSSR count). The molecule has 1 aliphatic rings. The van der Waals surface area contributed by atoms with Crippen molar-refractivity contribution in [2.45, 2.75) is 44.9 Å². The molecule has 2 aromatic rings. The summed E-state index contributed by atoms with van der Waals surface area (Å²) in [7, 11) is 0. The maximum Gasteiger partial charge on any atom is 0.234 e. The molecule has 132 valence electrons. The highest BCUT2D eigenvalue weighted by molar-refractivity contribution is 5.79. The molecule has 1 amide bonds. The summed E-state index contributed by atoms with van der Waals surface area (Å²) in [6.07, 6.45) is 2.97. The number of nitrogens with one attached hydrogen (secondary N) is 1. The normalized spacial score (nSPS) is 17.6. The largest absolute Gasteiger partial charge is 0.489 e. The van der Waals surface area contributed by atoms with Crippen molar-refractivity contribution in [3.8, 4) is 5.75 Å². The summed E-state index contributed by atoms with van der Waals surface area (Å²) in [5, 5.41) is 3.29. The Bertz CT molecular complexity index is 763. The van der Waals surface area contributed by atoms with Gasteiger partial charge in [-0.15, -0.1) is 0 Å². The van der Waals surface area contributed by atoms with E-state index in [1.54, 1.807) is 25.1 Å². The Morgan fingerprint density at radius 2 is 2.16 bits per heavy atom. The number of halogens is 1. The lowest BCUT2D eigenvalue weighted by molar-refractivity contribution is -0.119. The predicted molar refractivity (Wildman–Crippen MR) is 94.6 cm³/mol. The standard InChI is InChI=1S/C20H23FN2O2/c1-13(20(22)24)23-19-8-4-6-14-11-16(9-10-17(14)19)25-12-15-5-2-3-7-18(15)21/h2-3,5,7,9-11,13,19,23H,4,6,8,12H2,1H3,(H2,22,24)/t13-,19?/m0/s1. The number of aryl methyl sites for hydroxylation is 1. The van der Waals surface area contributed by atoms with Crippen molar-refractivity contribution < 1.29 is 13.9 Å². The van der Waals surface area contributed by atoms with Crippen LogP contribution in [0.4, 0.5) is 4.39 Å². The van der Waals surface area contributed by atoms with Crippen molar-refractivity contribution in [2.24, 2.45) is 5.73 Å². The van der Waals surface area contributed by atoms with Crippen molar-refractivity contribution in [3.63, 3.8) is 0 Å². The van der Waals surface area contributed by atoms with Crippen molar-refractivity contribution in [2.75, 3.05) is 0 Å². The Labute approximate surface area is 147 Å². The van der Waals surface area contributed by atoms with E-state index < -0.39 is 0 Å². The SMILES string of the molecule is C[C@H](NC1CCCc2cc(OCc3ccccc3F)ccc21)C(N)=O. The van der Waals surface area contributed by atoms with E-state index >= 15 is 0 Å². The van der Waals surface area contributed by atoms with E-state index in [4.69, 9.17) is 10.5 Å². The molecule has 0 fully saturated rings. The first-order valence-corrected chi connectivity index (χ1v) is 8.59. The van der Waals surface area contributed by atoms with E-state index in [1.807, 2.05) is 18.2 Å². The Balaban J connectivity index is 1.71. The van der Waals surface area contributed by atoms with Gasteiger partial charge in [0, 0.05) is 11.6 Å². The molecule has 4 nitrogen and oxygen atoms in total. The van der Waals surface area contributed by atoms with Gasteiger partial charge in [-0.05, 0) is 55.5 Å². The Morgan fingerprint density at radius 1 is 1.36 bits per heavy atom. The second kappa shape index (κ2) is 7.66. The summed E-state index contributed by atoms with van der Waals surface area (Å²) in [5.74, 6) is 0.118. The van der Waals surface area contributed by atoms with Gasteiger partial charge in [0.15, 0.2) is 0 Å². The maximum absolute atomic E-state index is 13.7. The van der Waals surface area contributed by atoms with Crippen LogP contribution in [0.1, 0.15) is 42.5 Å². The van der Waals surface area contributed by atoms with E-state index in [-0.39, 0.29) is 30.4 Å². The van der Waals surface area contributed by atoms with Crippen LogP contribution in [-0.4, -0.2) is 11.9 Å². The van der Waals surface area contributed by atoms with Gasteiger partial charge < -0.3 is 10.5 Å². The lowest BCUT2D eigenvalue weighted by atomic mass is 9.87. The highest BCUT2D eigenvalue weighted by Gasteiger charge is 2.23. The smallest absolute Gasteiger partial charge is 0.234 e. The van der Waals surface area contributed by atoms with Gasteiger partial charge in [0.2, 0.25) is 5.91 Å². The van der Waals surface area contributed by atoms with Gasteiger partial charge >= 0.3 is 0 Å². The lowest BCUT2D eigenvalue weighted by Gasteiger charge is -2.28. The first-order valence-electron chi connectivity index (χ1n) is 8.59. The lowest BCUT2D eigenvalue weighted by Crippen LogP contribution is -2.41. The molecular weight excluding hydrogens is 319 g/mol. The number of hydrogen-bond acceptors (Lipinski definition) is 3. The van der Waals surface area contributed by atoms with E-state index in [2.05, 4.69) is 5.32 Å². The van der Waals surface area contributed by atoms with Crippen LogP contribution in [0.2, 0.25) is 0 Å². The van der Waals surface area contributed by atoms with E-state index in [1.165, 1.54) is 17.2 Å². The molecule has 2 aromatic carbocycles. The fraction of sp³-hybridized carbons (Fsp3) is 0.350. The van der Waals surface area contributed by atoms with Crippen molar-refractivity contribution >= 4 is 5.91 Å². The third-order valence-electron chi connectivity index (χ3n) is 4.66. The second-order valence-electron chi connectivity index (χ2n) is 6.48. The fourth-order valence-corrected chi connectivity index (χ4v) is 3.21. The molecule has 0 saturated heterocycles. The molecule has 0 bridgehead atoms. The third kappa shape index (κ3) is 4.17. The van der Waals surface area contributed by atoms with Crippen molar-refractivity contribution in [1.82, 2.24) is 5.32 Å². The van der Waals surface area contributed by atoms with Crippen LogP contribution in [0.25, 0.3) is 0 Å². The number of carbonyl (C=O) groups excluding carboxylic acids is 1. The quantitative estimate of drug-likeness (QED) is 0.847. The summed E-state index contributed by atoms with van der Waals surface area (Å²) >= 11 is 0. The van der Waals surface area contributed by atoms with Gasteiger partial charge in [-0.25, -0.2) is 4.39 Å². The highest BCUT2D eigenvalue weighted by Crippen LogP contribution is 2.32. The fourth-order valence-electron chi connectivity index (χ4n) is 3.21. The van der Waals surface area contributed by atoms with Gasteiger partial charge in [0.1, 0.15) is 18.2 Å². The van der Waals surface area contributed by atoms with Crippen LogP contribution < -0.4 is 15.8 Å². The first-order chi connectivity index (χ1) is 12.0. The summed E-state index contributed by atoms with van der Waals surface area (Å²) in [4.78, 5) is 11.3. The van der Waals surface area contributed by atoms with Crippen LogP contribution in [0.5, 0.6) is 5.75 Å². The molecule has 25 heavy (non-hydrogen) atoms. The minimum atomic E-state index is -0.368. The molecule has 0 saturated carbocycles. The number of fused-ring (bicyclic) bond motifs is 1. The van der Waals surface area contributed by atoms with Crippen LogP contribution in [0, 0.1) is 5.82 Å². The second-order valence-corrected chi connectivity index (χ2v) is 6.48. The molecule has 0 heterocycles. The molecule has 0 spiro atoms. The molecule has 0 radical (unpaired) electrons. The minimum Gasteiger partial charge on any atom is -0.489 e. The molecular formula is C20H23FN2O2. The average Bonchev–Trinajstić information content (AvgIpc) is 2.61. The van der Waals surface area contributed by atoms with Gasteiger partial charge in [-0.2, -0.15) is 0 Å². The van der Waals surface area contributed by atoms with Gasteiger partial charge in [-0.1, -0.05) is 24.3 Å². The van der Waals surface area contributed by atoms with E-state index in [0.29, 0.717) is 5.56 Å². The molecule has 1 unspecified atom stereocenters. The Hall–Kier alpha value is -2.40. The Morgan fingerprint density at radius 3 is 2.92 bits per heavy atom. The number of benzene rings is 2. The van der Waals surface area contributed by atoms with Crippen LogP contribution in [-0.2, 0) is 17.8 Å². The van der Waals surface area contributed by atoms with E-state index in [0.717, 1.165) is 25.0 Å². The zero-order chi connectivity index (χ0) is 17.8. The zero-order valence-electron chi connectivity index (χ0n) is 14.3. The molecule has 3 N–H and O–H groups in total. The predicted octanol–water partition coefficient (Wildman–Crippen LogP) is 3.25. The Kier molecular flexibility index (Phi) is 5.34. The first kappa shape index (κ1) is 17.4.